The topological polar surface area (TPSA) is 107 Å². The van der Waals surface area contributed by atoms with Crippen molar-refractivity contribution in [3.63, 3.8) is 0 Å². The molecule has 0 aliphatic rings. The molecule has 0 spiro atoms. The van der Waals surface area contributed by atoms with Gasteiger partial charge in [0.1, 0.15) is 0 Å². The molecule has 1 N–H and O–H groups in total. The Morgan fingerprint density at radius 2 is 1.74 bits per heavy atom. The number of rotatable bonds is 6. The number of terminal acetylenes is 1. The van der Waals surface area contributed by atoms with Gasteiger partial charge in [0.25, 0.3) is 15.9 Å². The van der Waals surface area contributed by atoms with Crippen molar-refractivity contribution in [2.45, 2.75) is 11.4 Å². The number of hydrogen-bond acceptors (Lipinski definition) is 6. The molecular weight excluding hydrogens is 486 g/mol. The van der Waals surface area contributed by atoms with E-state index in [9.17, 15) is 18.0 Å². The van der Waals surface area contributed by atoms with Crippen LogP contribution >= 0.6 is 11.3 Å². The van der Waals surface area contributed by atoms with E-state index in [0.717, 1.165) is 10.2 Å². The van der Waals surface area contributed by atoms with E-state index in [4.69, 9.17) is 11.2 Å². The number of benzene rings is 3. The van der Waals surface area contributed by atoms with Crippen LogP contribution in [-0.4, -0.2) is 32.0 Å². The summed E-state index contributed by atoms with van der Waals surface area (Å²) in [7, 11) is -2.44. The number of amides is 1. The van der Waals surface area contributed by atoms with Gasteiger partial charge in [-0.15, -0.1) is 6.42 Å². The number of nitrogens with one attached hydrogen (secondary N) is 1. The molecule has 176 valence electrons. The zero-order valence-electron chi connectivity index (χ0n) is 18.5. The molecule has 10 heteroatoms. The molecule has 4 rings (SSSR count). The van der Waals surface area contributed by atoms with Crippen molar-refractivity contribution < 1.29 is 22.7 Å². The molecule has 3 aromatic carbocycles. The number of carbonyl (C=O) groups excluding carboxylic acids is 2. The number of methoxy groups -OCH3 is 1. The summed E-state index contributed by atoms with van der Waals surface area (Å²) in [6.45, 7) is 0.184. The minimum Gasteiger partial charge on any atom is -0.465 e. The van der Waals surface area contributed by atoms with Crippen molar-refractivity contribution in [2.24, 2.45) is 4.99 Å². The van der Waals surface area contributed by atoms with E-state index >= 15 is 0 Å². The highest BCUT2D eigenvalue weighted by atomic mass is 32.2. The lowest BCUT2D eigenvalue weighted by Crippen LogP contribution is -2.16. The van der Waals surface area contributed by atoms with E-state index in [1.807, 2.05) is 0 Å². The summed E-state index contributed by atoms with van der Waals surface area (Å²) < 4.78 is 34.7. The minimum atomic E-state index is -3.75. The van der Waals surface area contributed by atoms with Crippen LogP contribution in [0.15, 0.2) is 82.7 Å². The third-order valence-electron chi connectivity index (χ3n) is 4.99. The molecule has 0 saturated heterocycles. The van der Waals surface area contributed by atoms with Gasteiger partial charge in [-0.1, -0.05) is 35.5 Å². The van der Waals surface area contributed by atoms with Crippen LogP contribution in [0.1, 0.15) is 20.7 Å². The van der Waals surface area contributed by atoms with Gasteiger partial charge in [-0.05, 0) is 54.6 Å². The maximum Gasteiger partial charge on any atom is 0.337 e. The highest BCUT2D eigenvalue weighted by Crippen LogP contribution is 2.21. The number of carbonyl (C=O) groups is 2. The SMILES string of the molecule is C#CCn1c(=NC(=O)c2ccc(NS(=O)(=O)c3ccccc3)cc2)sc2cc(C(=O)OC)ccc21. The van der Waals surface area contributed by atoms with Crippen molar-refractivity contribution in [1.29, 1.82) is 0 Å². The second kappa shape index (κ2) is 9.97. The third-order valence-corrected chi connectivity index (χ3v) is 7.43. The van der Waals surface area contributed by atoms with Gasteiger partial charge in [-0.25, -0.2) is 13.2 Å². The first kappa shape index (κ1) is 23.9. The van der Waals surface area contributed by atoms with Gasteiger partial charge in [0, 0.05) is 11.3 Å². The molecule has 1 amide bonds. The van der Waals surface area contributed by atoms with Gasteiger partial charge in [-0.3, -0.25) is 9.52 Å². The molecule has 35 heavy (non-hydrogen) atoms. The van der Waals surface area contributed by atoms with E-state index < -0.39 is 21.9 Å². The molecule has 0 radical (unpaired) electrons. The Labute approximate surface area is 205 Å². The Morgan fingerprint density at radius 1 is 1.06 bits per heavy atom. The van der Waals surface area contributed by atoms with E-state index in [0.29, 0.717) is 16.1 Å². The smallest absolute Gasteiger partial charge is 0.337 e. The average Bonchev–Trinajstić information content (AvgIpc) is 3.20. The number of hydrogen-bond donors (Lipinski definition) is 1. The first-order valence-electron chi connectivity index (χ1n) is 10.2. The predicted octanol–water partition coefficient (Wildman–Crippen LogP) is 3.66. The van der Waals surface area contributed by atoms with Crippen LogP contribution in [0, 0.1) is 12.3 Å². The highest BCUT2D eigenvalue weighted by Gasteiger charge is 2.15. The van der Waals surface area contributed by atoms with E-state index in [2.05, 4.69) is 15.6 Å². The highest BCUT2D eigenvalue weighted by molar-refractivity contribution is 7.92. The van der Waals surface area contributed by atoms with Crippen molar-refractivity contribution in [2.75, 3.05) is 11.8 Å². The first-order chi connectivity index (χ1) is 16.8. The van der Waals surface area contributed by atoms with Crippen LogP contribution in [0.25, 0.3) is 10.2 Å². The summed E-state index contributed by atoms with van der Waals surface area (Å²) >= 11 is 1.22. The molecule has 8 nitrogen and oxygen atoms in total. The van der Waals surface area contributed by atoms with Crippen molar-refractivity contribution in [1.82, 2.24) is 4.57 Å². The van der Waals surface area contributed by atoms with Crippen molar-refractivity contribution in [3.8, 4) is 12.3 Å². The fraction of sp³-hybridized carbons (Fsp3) is 0.0800. The molecule has 0 unspecified atom stereocenters. The van der Waals surface area contributed by atoms with Gasteiger partial charge >= 0.3 is 5.97 Å². The molecule has 0 saturated carbocycles. The molecule has 4 aromatic rings. The number of anilines is 1. The number of thiazole rings is 1. The maximum atomic E-state index is 12.8. The molecule has 1 heterocycles. The van der Waals surface area contributed by atoms with Gasteiger partial charge in [0.05, 0.1) is 34.3 Å². The van der Waals surface area contributed by atoms with Crippen LogP contribution in [0.2, 0.25) is 0 Å². The quantitative estimate of drug-likeness (QED) is 0.318. The Morgan fingerprint density at radius 3 is 2.40 bits per heavy atom. The number of nitrogens with zero attached hydrogens (tertiary/aromatic N) is 2. The zero-order valence-corrected chi connectivity index (χ0v) is 20.1. The monoisotopic (exact) mass is 505 g/mol. The van der Waals surface area contributed by atoms with Crippen LogP contribution < -0.4 is 9.52 Å². The molecule has 0 aliphatic heterocycles. The van der Waals surface area contributed by atoms with E-state index in [-0.39, 0.29) is 17.0 Å². The lowest BCUT2D eigenvalue weighted by Gasteiger charge is -2.08. The fourth-order valence-corrected chi connectivity index (χ4v) is 5.44. The first-order valence-corrected chi connectivity index (χ1v) is 12.5. The Bertz CT molecular complexity index is 1630. The molecule has 1 aromatic heterocycles. The number of esters is 1. The molecule has 0 aliphatic carbocycles. The number of fused-ring (bicyclic) bond motifs is 1. The lowest BCUT2D eigenvalue weighted by molar-refractivity contribution is 0.0600. The Hall–Kier alpha value is -4.20. The second-order valence-electron chi connectivity index (χ2n) is 7.26. The average molecular weight is 506 g/mol. The number of aromatic nitrogens is 1. The Kier molecular flexibility index (Phi) is 6.82. The summed E-state index contributed by atoms with van der Waals surface area (Å²) in [6.07, 6.45) is 5.51. The van der Waals surface area contributed by atoms with Crippen LogP contribution in [0.5, 0.6) is 0 Å². The largest absolute Gasteiger partial charge is 0.465 e. The summed E-state index contributed by atoms with van der Waals surface area (Å²) in [4.78, 5) is 29.4. The van der Waals surface area contributed by atoms with Crippen molar-refractivity contribution >= 4 is 49.1 Å². The van der Waals surface area contributed by atoms with Gasteiger partial charge in [-0.2, -0.15) is 4.99 Å². The Balaban J connectivity index is 1.63. The van der Waals surface area contributed by atoms with Crippen LogP contribution in [0.4, 0.5) is 5.69 Å². The van der Waals surface area contributed by atoms with Crippen LogP contribution in [-0.2, 0) is 21.3 Å². The van der Waals surface area contributed by atoms with E-state index in [1.165, 1.54) is 54.8 Å². The number of sulfonamides is 1. The molecule has 0 bridgehead atoms. The molecular formula is C25H19N3O5S2. The maximum absolute atomic E-state index is 12.8. The summed E-state index contributed by atoms with van der Waals surface area (Å²) in [5.41, 5.74) is 1.69. The lowest BCUT2D eigenvalue weighted by atomic mass is 10.2. The zero-order chi connectivity index (χ0) is 25.0. The standard InChI is InChI=1S/C25H19N3O5S2/c1-3-15-28-21-14-11-18(24(30)33-2)16-22(21)34-25(28)26-23(29)17-9-12-19(13-10-17)27-35(31,32)20-7-5-4-6-8-20/h1,4-14,16,27H,15H2,2H3. The third kappa shape index (κ3) is 5.16. The molecule has 0 fully saturated rings. The summed E-state index contributed by atoms with van der Waals surface area (Å²) in [5, 5.41) is 0. The van der Waals surface area contributed by atoms with Crippen LogP contribution in [0.3, 0.4) is 0 Å². The van der Waals surface area contributed by atoms with Gasteiger partial charge in [0.15, 0.2) is 4.80 Å². The second-order valence-corrected chi connectivity index (χ2v) is 9.95. The van der Waals surface area contributed by atoms with Crippen molar-refractivity contribution in [3.05, 3.63) is 88.7 Å². The number of ether oxygens (including phenoxy) is 1. The van der Waals surface area contributed by atoms with E-state index in [1.54, 1.807) is 41.0 Å². The predicted molar refractivity (Wildman–Crippen MR) is 134 cm³/mol. The van der Waals surface area contributed by atoms with Gasteiger partial charge in [0.2, 0.25) is 0 Å². The van der Waals surface area contributed by atoms with Gasteiger partial charge < -0.3 is 9.30 Å². The fourth-order valence-electron chi connectivity index (χ4n) is 3.29. The summed E-state index contributed by atoms with van der Waals surface area (Å²) in [6, 6.07) is 18.9. The minimum absolute atomic E-state index is 0.133. The molecule has 0 atom stereocenters. The summed E-state index contributed by atoms with van der Waals surface area (Å²) in [5.74, 6) is 1.56. The normalized spacial score (nSPS) is 11.7.